The van der Waals surface area contributed by atoms with E-state index in [1.807, 2.05) is 13.1 Å². The Bertz CT molecular complexity index is 681. The Balaban J connectivity index is 1.98. The van der Waals surface area contributed by atoms with Crippen molar-refractivity contribution >= 4 is 31.9 Å². The number of hydrogen-bond acceptors (Lipinski definition) is 3. The minimum Gasteiger partial charge on any atom is -0.484 e. The van der Waals surface area contributed by atoms with Crippen molar-refractivity contribution in [3.05, 3.63) is 56.5 Å². The average Bonchev–Trinajstić information content (AvgIpc) is 2.46. The van der Waals surface area contributed by atoms with Gasteiger partial charge in [-0.15, -0.1) is 0 Å². The van der Waals surface area contributed by atoms with Crippen LogP contribution in [0.4, 0.5) is 4.39 Å². The van der Waals surface area contributed by atoms with Crippen LogP contribution in [0.2, 0.25) is 0 Å². The molecule has 6 heteroatoms. The van der Waals surface area contributed by atoms with Gasteiger partial charge in [-0.05, 0) is 63.2 Å². The molecule has 0 aliphatic carbocycles. The van der Waals surface area contributed by atoms with Gasteiger partial charge >= 0.3 is 0 Å². The zero-order valence-corrected chi connectivity index (χ0v) is 14.4. The second kappa shape index (κ2) is 6.02. The van der Waals surface area contributed by atoms with Gasteiger partial charge in [-0.1, -0.05) is 0 Å². The van der Waals surface area contributed by atoms with Crippen molar-refractivity contribution in [1.82, 2.24) is 10.3 Å². The largest absolute Gasteiger partial charge is 0.484 e. The molecule has 1 aliphatic rings. The second-order valence-electron chi connectivity index (χ2n) is 4.89. The van der Waals surface area contributed by atoms with E-state index in [1.165, 1.54) is 12.1 Å². The van der Waals surface area contributed by atoms with Crippen molar-refractivity contribution in [2.75, 3.05) is 7.05 Å². The van der Waals surface area contributed by atoms with Gasteiger partial charge in [0.05, 0.1) is 5.69 Å². The number of halogens is 3. The number of benzene rings is 1. The summed E-state index contributed by atoms with van der Waals surface area (Å²) in [5.74, 6) is 0.447. The van der Waals surface area contributed by atoms with Gasteiger partial charge in [-0.2, -0.15) is 0 Å². The van der Waals surface area contributed by atoms with Crippen LogP contribution in [0.3, 0.4) is 0 Å². The van der Waals surface area contributed by atoms with Gasteiger partial charge < -0.3 is 10.1 Å². The summed E-state index contributed by atoms with van der Waals surface area (Å²) in [5, 5.41) is 3.22. The number of pyridine rings is 1. The molecule has 2 aromatic rings. The Hall–Kier alpha value is -0.980. The van der Waals surface area contributed by atoms with Crippen molar-refractivity contribution in [1.29, 1.82) is 0 Å². The second-order valence-corrected chi connectivity index (χ2v) is 6.66. The summed E-state index contributed by atoms with van der Waals surface area (Å²) in [5.41, 5.74) is 1.69. The molecule has 1 aromatic carbocycles. The summed E-state index contributed by atoms with van der Waals surface area (Å²) < 4.78 is 21.2. The molecule has 2 heterocycles. The fraction of sp³-hybridized carbons (Fsp3) is 0.267. The van der Waals surface area contributed by atoms with Crippen LogP contribution >= 0.6 is 31.9 Å². The fourth-order valence-corrected chi connectivity index (χ4v) is 3.79. The SMILES string of the molecule is CNC1CC(c2ncc(Br)cc2Br)Oc2ccc(F)cc21. The molecule has 110 valence electrons. The van der Waals surface area contributed by atoms with Crippen LogP contribution in [0, 0.1) is 5.82 Å². The lowest BCUT2D eigenvalue weighted by molar-refractivity contribution is 0.148. The Kier molecular flexibility index (Phi) is 4.28. The van der Waals surface area contributed by atoms with Crippen molar-refractivity contribution in [2.45, 2.75) is 18.6 Å². The quantitative estimate of drug-likeness (QED) is 0.782. The third-order valence-corrected chi connectivity index (χ3v) is 4.62. The molecule has 0 fully saturated rings. The maximum absolute atomic E-state index is 13.4. The van der Waals surface area contributed by atoms with Crippen molar-refractivity contribution in [2.24, 2.45) is 0 Å². The van der Waals surface area contributed by atoms with Gasteiger partial charge in [0.1, 0.15) is 17.7 Å². The van der Waals surface area contributed by atoms with Gasteiger partial charge in [0.15, 0.2) is 0 Å². The minimum atomic E-state index is -0.251. The number of hydrogen-bond donors (Lipinski definition) is 1. The molecule has 1 N–H and O–H groups in total. The molecule has 0 saturated heterocycles. The highest BCUT2D eigenvalue weighted by molar-refractivity contribution is 9.11. The molecule has 0 bridgehead atoms. The van der Waals surface area contributed by atoms with Crippen molar-refractivity contribution < 1.29 is 9.13 Å². The molecule has 2 atom stereocenters. The number of nitrogens with one attached hydrogen (secondary N) is 1. The Labute approximate surface area is 139 Å². The normalized spacial score (nSPS) is 20.8. The lowest BCUT2D eigenvalue weighted by Crippen LogP contribution is -2.27. The summed E-state index contributed by atoms with van der Waals surface area (Å²) in [6.07, 6.45) is 2.26. The minimum absolute atomic E-state index is 0.0341. The molecule has 3 nitrogen and oxygen atoms in total. The van der Waals surface area contributed by atoms with E-state index in [-0.39, 0.29) is 18.0 Å². The summed E-state index contributed by atoms with van der Waals surface area (Å²) in [7, 11) is 1.87. The van der Waals surface area contributed by atoms with E-state index in [4.69, 9.17) is 4.74 Å². The van der Waals surface area contributed by atoms with Gasteiger partial charge in [-0.25, -0.2) is 4.39 Å². The van der Waals surface area contributed by atoms with E-state index in [2.05, 4.69) is 42.2 Å². The van der Waals surface area contributed by atoms with Gasteiger partial charge in [-0.3, -0.25) is 4.98 Å². The highest BCUT2D eigenvalue weighted by Crippen LogP contribution is 2.42. The molecule has 1 aliphatic heterocycles. The fourth-order valence-electron chi connectivity index (χ4n) is 2.54. The van der Waals surface area contributed by atoms with Gasteiger partial charge in [0.25, 0.3) is 0 Å². The van der Waals surface area contributed by atoms with Crippen molar-refractivity contribution in [3.8, 4) is 5.75 Å². The monoisotopic (exact) mass is 414 g/mol. The van der Waals surface area contributed by atoms with E-state index in [1.54, 1.807) is 12.3 Å². The molecule has 2 unspecified atom stereocenters. The number of rotatable bonds is 2. The summed E-state index contributed by atoms with van der Waals surface area (Å²) in [4.78, 5) is 4.44. The van der Waals surface area contributed by atoms with Crippen LogP contribution in [-0.2, 0) is 0 Å². The molecular formula is C15H13Br2FN2O. The maximum Gasteiger partial charge on any atom is 0.143 e. The predicted molar refractivity (Wildman–Crippen MR) is 85.8 cm³/mol. The first-order valence-electron chi connectivity index (χ1n) is 6.53. The Morgan fingerprint density at radius 3 is 2.86 bits per heavy atom. The lowest BCUT2D eigenvalue weighted by Gasteiger charge is -2.32. The first kappa shape index (κ1) is 14.9. The average molecular weight is 416 g/mol. The zero-order valence-electron chi connectivity index (χ0n) is 11.2. The number of ether oxygens (including phenoxy) is 1. The number of aromatic nitrogens is 1. The first-order valence-corrected chi connectivity index (χ1v) is 8.11. The van der Waals surface area contributed by atoms with Gasteiger partial charge in [0, 0.05) is 33.2 Å². The molecule has 21 heavy (non-hydrogen) atoms. The molecular weight excluding hydrogens is 403 g/mol. The third kappa shape index (κ3) is 2.98. The molecule has 0 saturated carbocycles. The van der Waals surface area contributed by atoms with E-state index in [0.29, 0.717) is 12.2 Å². The van der Waals surface area contributed by atoms with Crippen LogP contribution in [0.5, 0.6) is 5.75 Å². The van der Waals surface area contributed by atoms with E-state index < -0.39 is 0 Å². The van der Waals surface area contributed by atoms with Crippen LogP contribution in [-0.4, -0.2) is 12.0 Å². The molecule has 0 amide bonds. The Morgan fingerprint density at radius 2 is 2.14 bits per heavy atom. The van der Waals surface area contributed by atoms with E-state index in [0.717, 1.165) is 20.2 Å². The van der Waals surface area contributed by atoms with Crippen LogP contribution in [0.15, 0.2) is 39.4 Å². The maximum atomic E-state index is 13.4. The molecule has 1 aromatic heterocycles. The van der Waals surface area contributed by atoms with Crippen LogP contribution in [0.1, 0.15) is 29.8 Å². The summed E-state index contributed by atoms with van der Waals surface area (Å²) in [6.45, 7) is 0. The van der Waals surface area contributed by atoms with Gasteiger partial charge in [0.2, 0.25) is 0 Å². The highest BCUT2D eigenvalue weighted by atomic mass is 79.9. The lowest BCUT2D eigenvalue weighted by atomic mass is 9.95. The standard InChI is InChI=1S/C15H13Br2FN2O/c1-19-12-6-14(15-11(17)4-8(16)7-20-15)21-13-3-2-9(18)5-10(12)13/h2-5,7,12,14,19H,6H2,1H3. The summed E-state index contributed by atoms with van der Waals surface area (Å²) >= 11 is 6.92. The predicted octanol–water partition coefficient (Wildman–Crippen LogP) is 4.53. The zero-order chi connectivity index (χ0) is 15.0. The topological polar surface area (TPSA) is 34.2 Å². The number of fused-ring (bicyclic) bond motifs is 1. The van der Waals surface area contributed by atoms with E-state index in [9.17, 15) is 4.39 Å². The molecule has 0 radical (unpaired) electrons. The number of nitrogens with zero attached hydrogens (tertiary/aromatic N) is 1. The third-order valence-electron chi connectivity index (χ3n) is 3.56. The van der Waals surface area contributed by atoms with Crippen LogP contribution < -0.4 is 10.1 Å². The van der Waals surface area contributed by atoms with Crippen LogP contribution in [0.25, 0.3) is 0 Å². The molecule has 3 rings (SSSR count). The first-order chi connectivity index (χ1) is 10.1. The van der Waals surface area contributed by atoms with E-state index >= 15 is 0 Å². The highest BCUT2D eigenvalue weighted by Gasteiger charge is 2.30. The smallest absolute Gasteiger partial charge is 0.143 e. The Morgan fingerprint density at radius 1 is 1.33 bits per heavy atom. The summed E-state index contributed by atoms with van der Waals surface area (Å²) in [6, 6.07) is 6.59. The van der Waals surface area contributed by atoms with Crippen molar-refractivity contribution in [3.63, 3.8) is 0 Å². The molecule has 0 spiro atoms.